The van der Waals surface area contributed by atoms with Crippen LogP contribution in [0.5, 0.6) is 5.75 Å². The van der Waals surface area contributed by atoms with Gasteiger partial charge in [-0.05, 0) is 73.6 Å². The summed E-state index contributed by atoms with van der Waals surface area (Å²) in [6, 6.07) is 6.87. The van der Waals surface area contributed by atoms with Crippen molar-refractivity contribution in [1.29, 1.82) is 0 Å². The second kappa shape index (κ2) is 9.37. The lowest BCUT2D eigenvalue weighted by atomic mass is 9.88. The Morgan fingerprint density at radius 2 is 2.03 bits per heavy atom. The SMILES string of the molecule is CCCOc1ccc(C(=O)NC(=S)Nc2sc3c(c2C(N)=O)CCC(C)C3)cc1. The van der Waals surface area contributed by atoms with E-state index in [4.69, 9.17) is 22.7 Å². The number of rotatable bonds is 6. The number of amides is 2. The Morgan fingerprint density at radius 1 is 1.31 bits per heavy atom. The van der Waals surface area contributed by atoms with Crippen LogP contribution in [0.2, 0.25) is 0 Å². The number of carbonyl (C=O) groups excluding carboxylic acids is 2. The summed E-state index contributed by atoms with van der Waals surface area (Å²) in [5.41, 5.74) is 7.59. The number of fused-ring (bicyclic) bond motifs is 1. The van der Waals surface area contributed by atoms with Crippen molar-refractivity contribution in [1.82, 2.24) is 5.32 Å². The van der Waals surface area contributed by atoms with Crippen molar-refractivity contribution in [3.05, 3.63) is 45.8 Å². The zero-order valence-electron chi connectivity index (χ0n) is 16.5. The topological polar surface area (TPSA) is 93.4 Å². The molecule has 1 heterocycles. The van der Waals surface area contributed by atoms with Gasteiger partial charge in [-0.15, -0.1) is 11.3 Å². The fraction of sp³-hybridized carbons (Fsp3) is 0.381. The summed E-state index contributed by atoms with van der Waals surface area (Å²) in [7, 11) is 0. The van der Waals surface area contributed by atoms with E-state index < -0.39 is 5.91 Å². The molecule has 1 atom stereocenters. The second-order valence-corrected chi connectivity index (χ2v) is 8.71. The van der Waals surface area contributed by atoms with Gasteiger partial charge in [0.05, 0.1) is 12.2 Å². The molecule has 29 heavy (non-hydrogen) atoms. The fourth-order valence-electron chi connectivity index (χ4n) is 3.33. The lowest BCUT2D eigenvalue weighted by Gasteiger charge is -2.18. The van der Waals surface area contributed by atoms with Gasteiger partial charge in [0.15, 0.2) is 5.11 Å². The van der Waals surface area contributed by atoms with Gasteiger partial charge >= 0.3 is 0 Å². The standard InChI is InChI=1S/C21H25N3O3S2/c1-3-10-27-14-7-5-13(6-8-14)19(26)23-21(28)24-20-17(18(22)25)15-9-4-12(2)11-16(15)29-20/h5-8,12H,3-4,9-11H2,1-2H3,(H2,22,25)(H2,23,24,26,28). The molecule has 6 nitrogen and oxygen atoms in total. The third-order valence-corrected chi connectivity index (χ3v) is 6.18. The van der Waals surface area contributed by atoms with E-state index in [1.807, 2.05) is 6.92 Å². The molecule has 4 N–H and O–H groups in total. The van der Waals surface area contributed by atoms with Crippen molar-refractivity contribution in [2.75, 3.05) is 11.9 Å². The molecule has 154 valence electrons. The molecule has 0 radical (unpaired) electrons. The molecule has 0 spiro atoms. The van der Waals surface area contributed by atoms with E-state index in [1.54, 1.807) is 24.3 Å². The molecule has 0 saturated carbocycles. The lowest BCUT2D eigenvalue weighted by molar-refractivity contribution is 0.0975. The summed E-state index contributed by atoms with van der Waals surface area (Å²) < 4.78 is 5.52. The summed E-state index contributed by atoms with van der Waals surface area (Å²) in [6.45, 7) is 4.86. The van der Waals surface area contributed by atoms with Crippen LogP contribution in [0, 0.1) is 5.92 Å². The summed E-state index contributed by atoms with van der Waals surface area (Å²) in [5, 5.41) is 6.39. The molecule has 1 aliphatic rings. The molecule has 1 aromatic carbocycles. The van der Waals surface area contributed by atoms with Crippen LogP contribution in [0.15, 0.2) is 24.3 Å². The highest BCUT2D eigenvalue weighted by Gasteiger charge is 2.27. The summed E-state index contributed by atoms with van der Waals surface area (Å²) >= 11 is 6.78. The molecular weight excluding hydrogens is 406 g/mol. The Balaban J connectivity index is 1.67. The second-order valence-electron chi connectivity index (χ2n) is 7.20. The van der Waals surface area contributed by atoms with E-state index in [9.17, 15) is 9.59 Å². The highest BCUT2D eigenvalue weighted by atomic mass is 32.1. The van der Waals surface area contributed by atoms with Crippen LogP contribution in [0.3, 0.4) is 0 Å². The van der Waals surface area contributed by atoms with Gasteiger partial charge in [0, 0.05) is 10.4 Å². The third kappa shape index (κ3) is 5.13. The van der Waals surface area contributed by atoms with Crippen molar-refractivity contribution in [3.8, 4) is 5.75 Å². The van der Waals surface area contributed by atoms with Crippen LogP contribution >= 0.6 is 23.6 Å². The van der Waals surface area contributed by atoms with E-state index in [0.29, 0.717) is 34.4 Å². The summed E-state index contributed by atoms with van der Waals surface area (Å²) in [4.78, 5) is 25.6. The Morgan fingerprint density at radius 3 is 2.69 bits per heavy atom. The van der Waals surface area contributed by atoms with Gasteiger partial charge in [0.1, 0.15) is 10.8 Å². The number of benzene rings is 1. The normalized spacial score (nSPS) is 15.3. The zero-order chi connectivity index (χ0) is 21.0. The number of ether oxygens (including phenoxy) is 1. The van der Waals surface area contributed by atoms with Crippen LogP contribution in [-0.2, 0) is 12.8 Å². The van der Waals surface area contributed by atoms with Gasteiger partial charge in [-0.25, -0.2) is 0 Å². The predicted molar refractivity (Wildman–Crippen MR) is 120 cm³/mol. The molecule has 1 unspecified atom stereocenters. The molecule has 0 fully saturated rings. The zero-order valence-corrected chi connectivity index (χ0v) is 18.2. The predicted octanol–water partition coefficient (Wildman–Crippen LogP) is 3.89. The number of primary amides is 1. The molecule has 0 bridgehead atoms. The van der Waals surface area contributed by atoms with Gasteiger partial charge in [-0.2, -0.15) is 0 Å². The number of hydrogen-bond donors (Lipinski definition) is 3. The number of thiocarbonyl (C=S) groups is 1. The van der Waals surface area contributed by atoms with E-state index in [2.05, 4.69) is 17.6 Å². The summed E-state index contributed by atoms with van der Waals surface area (Å²) in [5.74, 6) is 0.482. The monoisotopic (exact) mass is 431 g/mol. The Bertz CT molecular complexity index is 922. The Labute approximate surface area is 179 Å². The molecule has 3 rings (SSSR count). The first-order valence-corrected chi connectivity index (χ1v) is 10.9. The molecule has 1 aliphatic carbocycles. The van der Waals surface area contributed by atoms with Crippen LogP contribution in [0.1, 0.15) is 57.8 Å². The number of nitrogens with one attached hydrogen (secondary N) is 2. The number of hydrogen-bond acceptors (Lipinski definition) is 5. The number of thiophene rings is 1. The molecule has 1 aromatic heterocycles. The highest BCUT2D eigenvalue weighted by molar-refractivity contribution is 7.80. The van der Waals surface area contributed by atoms with Crippen molar-refractivity contribution in [3.63, 3.8) is 0 Å². The maximum atomic E-state index is 12.5. The van der Waals surface area contributed by atoms with Gasteiger partial charge in [0.25, 0.3) is 11.8 Å². The van der Waals surface area contributed by atoms with Crippen LogP contribution in [-0.4, -0.2) is 23.5 Å². The largest absolute Gasteiger partial charge is 0.494 e. The average Bonchev–Trinajstić information content (AvgIpc) is 3.03. The third-order valence-electron chi connectivity index (χ3n) is 4.80. The summed E-state index contributed by atoms with van der Waals surface area (Å²) in [6.07, 6.45) is 3.70. The maximum absolute atomic E-state index is 12.5. The molecular formula is C21H25N3O3S2. The van der Waals surface area contributed by atoms with E-state index in [0.717, 1.165) is 36.1 Å². The lowest BCUT2D eigenvalue weighted by Crippen LogP contribution is -2.34. The number of anilines is 1. The fourth-order valence-corrected chi connectivity index (χ4v) is 5.01. The van der Waals surface area contributed by atoms with E-state index in [-0.39, 0.29) is 11.0 Å². The Hall–Kier alpha value is -2.45. The average molecular weight is 432 g/mol. The van der Waals surface area contributed by atoms with Crippen molar-refractivity contribution >= 4 is 45.5 Å². The quantitative estimate of drug-likeness (QED) is 0.604. The van der Waals surface area contributed by atoms with Gasteiger partial charge < -0.3 is 15.8 Å². The minimum Gasteiger partial charge on any atom is -0.494 e. The first kappa shape index (κ1) is 21.3. The van der Waals surface area contributed by atoms with E-state index >= 15 is 0 Å². The van der Waals surface area contributed by atoms with Crippen molar-refractivity contribution in [2.24, 2.45) is 11.7 Å². The Kier molecular flexibility index (Phi) is 6.87. The van der Waals surface area contributed by atoms with Crippen molar-refractivity contribution in [2.45, 2.75) is 39.5 Å². The van der Waals surface area contributed by atoms with Crippen LogP contribution in [0.25, 0.3) is 0 Å². The first-order valence-electron chi connectivity index (χ1n) is 9.68. The molecule has 0 aliphatic heterocycles. The number of nitrogens with two attached hydrogens (primary N) is 1. The van der Waals surface area contributed by atoms with Crippen LogP contribution < -0.4 is 21.1 Å². The highest BCUT2D eigenvalue weighted by Crippen LogP contribution is 2.39. The van der Waals surface area contributed by atoms with E-state index in [1.165, 1.54) is 11.3 Å². The molecule has 0 saturated heterocycles. The minimum atomic E-state index is -0.476. The van der Waals surface area contributed by atoms with Gasteiger partial charge in [0.2, 0.25) is 0 Å². The maximum Gasteiger partial charge on any atom is 0.257 e. The first-order chi connectivity index (χ1) is 13.9. The number of carbonyl (C=O) groups is 2. The van der Waals surface area contributed by atoms with Crippen LogP contribution in [0.4, 0.5) is 5.00 Å². The molecule has 2 aromatic rings. The minimum absolute atomic E-state index is 0.135. The molecule has 2 amide bonds. The molecule has 8 heteroatoms. The smallest absolute Gasteiger partial charge is 0.257 e. The van der Waals surface area contributed by atoms with Gasteiger partial charge in [-0.3, -0.25) is 14.9 Å². The van der Waals surface area contributed by atoms with Crippen molar-refractivity contribution < 1.29 is 14.3 Å². The van der Waals surface area contributed by atoms with Gasteiger partial charge in [-0.1, -0.05) is 13.8 Å².